The van der Waals surface area contributed by atoms with Crippen LogP contribution in [0.3, 0.4) is 0 Å². The van der Waals surface area contributed by atoms with Crippen LogP contribution < -0.4 is 5.73 Å². The van der Waals surface area contributed by atoms with Gasteiger partial charge in [0.1, 0.15) is 6.04 Å². The van der Waals surface area contributed by atoms with Crippen LogP contribution in [0.4, 0.5) is 0 Å². The Morgan fingerprint density at radius 2 is 2.27 bits per heavy atom. The average molecular weight is 231 g/mol. The predicted molar refractivity (Wildman–Crippen MR) is 59.3 cm³/mol. The summed E-state index contributed by atoms with van der Waals surface area (Å²) in [6, 6.07) is -0.568. The second kappa shape index (κ2) is 6.09. The van der Waals surface area contributed by atoms with Crippen LogP contribution in [0, 0.1) is 5.92 Å². The van der Waals surface area contributed by atoms with Crippen molar-refractivity contribution in [2.45, 2.75) is 25.6 Å². The molecular weight excluding hydrogens is 214 g/mol. The third-order valence-corrected chi connectivity index (χ3v) is 3.04. The number of nitrogens with zero attached hydrogens (tertiary/aromatic N) is 2. The van der Waals surface area contributed by atoms with Crippen LogP contribution in [0.5, 0.6) is 0 Å². The van der Waals surface area contributed by atoms with Crippen molar-refractivity contribution in [1.82, 2.24) is 10.1 Å². The van der Waals surface area contributed by atoms with Gasteiger partial charge in [-0.05, 0) is 11.7 Å². The lowest BCUT2D eigenvalue weighted by Gasteiger charge is -2.01. The van der Waals surface area contributed by atoms with Crippen LogP contribution in [0.1, 0.15) is 31.6 Å². The van der Waals surface area contributed by atoms with Gasteiger partial charge in [0.25, 0.3) is 0 Å². The summed E-state index contributed by atoms with van der Waals surface area (Å²) in [5.41, 5.74) is 5.53. The molecule has 0 saturated carbocycles. The maximum Gasteiger partial charge on any atom is 0.245 e. The number of aliphatic hydroxyl groups excluding tert-OH is 1. The summed E-state index contributed by atoms with van der Waals surface area (Å²) < 4.78 is 4.92. The van der Waals surface area contributed by atoms with Crippen LogP contribution >= 0.6 is 11.8 Å². The van der Waals surface area contributed by atoms with E-state index >= 15 is 0 Å². The van der Waals surface area contributed by atoms with E-state index in [0.29, 0.717) is 17.6 Å². The van der Waals surface area contributed by atoms with Gasteiger partial charge in [-0.2, -0.15) is 16.7 Å². The van der Waals surface area contributed by atoms with Crippen molar-refractivity contribution in [3.63, 3.8) is 0 Å². The summed E-state index contributed by atoms with van der Waals surface area (Å²) in [6.45, 7) is 4.15. The molecule has 0 spiro atoms. The third kappa shape index (κ3) is 4.19. The van der Waals surface area contributed by atoms with E-state index < -0.39 is 6.04 Å². The Morgan fingerprint density at radius 1 is 1.53 bits per heavy atom. The normalized spacial score (nSPS) is 13.4. The largest absolute Gasteiger partial charge is 0.394 e. The molecule has 3 N–H and O–H groups in total. The monoisotopic (exact) mass is 231 g/mol. The van der Waals surface area contributed by atoms with Gasteiger partial charge in [-0.1, -0.05) is 19.0 Å². The van der Waals surface area contributed by atoms with Crippen LogP contribution in [0.25, 0.3) is 0 Å². The highest BCUT2D eigenvalue weighted by Crippen LogP contribution is 2.14. The van der Waals surface area contributed by atoms with E-state index in [1.807, 2.05) is 0 Å². The highest BCUT2D eigenvalue weighted by atomic mass is 32.2. The smallest absolute Gasteiger partial charge is 0.245 e. The van der Waals surface area contributed by atoms with Gasteiger partial charge in [0, 0.05) is 0 Å². The topological polar surface area (TPSA) is 85.2 Å². The zero-order chi connectivity index (χ0) is 11.3. The van der Waals surface area contributed by atoms with Gasteiger partial charge in [0.05, 0.1) is 12.4 Å². The summed E-state index contributed by atoms with van der Waals surface area (Å²) in [5.74, 6) is 3.38. The molecule has 5 nitrogen and oxygen atoms in total. The molecule has 1 aromatic rings. The number of hydrogen-bond donors (Lipinski definition) is 2. The molecule has 1 aromatic heterocycles. The first kappa shape index (κ1) is 12.5. The molecule has 0 radical (unpaired) electrons. The standard InChI is InChI=1S/C9H17N3O2S/c1-6(2)4-15-5-8-11-9(14-12-8)7(10)3-13/h6-7,13H,3-5,10H2,1-2H3/t7-/m1/s1. The molecule has 15 heavy (non-hydrogen) atoms. The molecule has 0 aliphatic heterocycles. The molecule has 1 atom stereocenters. The number of nitrogens with two attached hydrogens (primary N) is 1. The lowest BCUT2D eigenvalue weighted by molar-refractivity contribution is 0.236. The van der Waals surface area contributed by atoms with E-state index in [9.17, 15) is 0 Å². The lowest BCUT2D eigenvalue weighted by atomic mass is 10.3. The lowest BCUT2D eigenvalue weighted by Crippen LogP contribution is -2.14. The van der Waals surface area contributed by atoms with Crippen molar-refractivity contribution < 1.29 is 9.63 Å². The van der Waals surface area contributed by atoms with E-state index in [2.05, 4.69) is 24.0 Å². The summed E-state index contributed by atoms with van der Waals surface area (Å²) >= 11 is 1.76. The van der Waals surface area contributed by atoms with Gasteiger partial charge in [-0.15, -0.1) is 0 Å². The maximum absolute atomic E-state index is 8.79. The second-order valence-electron chi connectivity index (χ2n) is 3.75. The van der Waals surface area contributed by atoms with Crippen molar-refractivity contribution in [2.75, 3.05) is 12.4 Å². The Hall–Kier alpha value is -0.590. The Kier molecular flexibility index (Phi) is 5.07. The first-order valence-electron chi connectivity index (χ1n) is 4.90. The van der Waals surface area contributed by atoms with Crippen molar-refractivity contribution in [3.05, 3.63) is 11.7 Å². The number of rotatable bonds is 6. The Balaban J connectivity index is 2.39. The van der Waals surface area contributed by atoms with Crippen LogP contribution in [0.2, 0.25) is 0 Å². The molecule has 0 fully saturated rings. The van der Waals surface area contributed by atoms with E-state index in [-0.39, 0.29) is 6.61 Å². The van der Waals surface area contributed by atoms with Gasteiger partial charge < -0.3 is 15.4 Å². The van der Waals surface area contributed by atoms with E-state index in [4.69, 9.17) is 15.4 Å². The molecule has 1 rings (SSSR count). The van der Waals surface area contributed by atoms with Crippen molar-refractivity contribution in [3.8, 4) is 0 Å². The van der Waals surface area contributed by atoms with Gasteiger partial charge in [0.2, 0.25) is 5.89 Å². The number of hydrogen-bond acceptors (Lipinski definition) is 6. The predicted octanol–water partition coefficient (Wildman–Crippen LogP) is 0.951. The Labute approximate surface area is 93.4 Å². The highest BCUT2D eigenvalue weighted by molar-refractivity contribution is 7.98. The quantitative estimate of drug-likeness (QED) is 0.758. The zero-order valence-corrected chi connectivity index (χ0v) is 9.83. The number of aliphatic hydroxyl groups is 1. The van der Waals surface area contributed by atoms with Crippen molar-refractivity contribution in [2.24, 2.45) is 11.7 Å². The van der Waals surface area contributed by atoms with E-state index in [1.165, 1.54) is 0 Å². The summed E-state index contributed by atoms with van der Waals surface area (Å²) in [6.07, 6.45) is 0. The minimum absolute atomic E-state index is 0.180. The molecule has 0 aromatic carbocycles. The fourth-order valence-electron chi connectivity index (χ4n) is 0.941. The molecular formula is C9H17N3O2S. The molecule has 0 aliphatic rings. The summed E-state index contributed by atoms with van der Waals surface area (Å²) in [4.78, 5) is 4.09. The van der Waals surface area contributed by atoms with Gasteiger partial charge >= 0.3 is 0 Å². The fourth-order valence-corrected chi connectivity index (χ4v) is 1.83. The van der Waals surface area contributed by atoms with Gasteiger partial charge in [-0.3, -0.25) is 0 Å². The SMILES string of the molecule is CC(C)CSCc1noc([C@H](N)CO)n1. The van der Waals surface area contributed by atoms with Gasteiger partial charge in [-0.25, -0.2) is 0 Å². The third-order valence-electron chi connectivity index (χ3n) is 1.68. The second-order valence-corrected chi connectivity index (χ2v) is 4.78. The minimum Gasteiger partial charge on any atom is -0.394 e. The summed E-state index contributed by atoms with van der Waals surface area (Å²) in [5, 5.41) is 12.6. The van der Waals surface area contributed by atoms with Crippen molar-refractivity contribution >= 4 is 11.8 Å². The average Bonchev–Trinajstić information content (AvgIpc) is 2.65. The van der Waals surface area contributed by atoms with Crippen LogP contribution in [-0.4, -0.2) is 27.6 Å². The zero-order valence-electron chi connectivity index (χ0n) is 9.01. The molecule has 6 heteroatoms. The first-order valence-corrected chi connectivity index (χ1v) is 6.05. The molecule has 1 heterocycles. The fraction of sp³-hybridized carbons (Fsp3) is 0.778. The Bertz CT molecular complexity index is 291. The van der Waals surface area contributed by atoms with E-state index in [1.54, 1.807) is 11.8 Å². The first-order chi connectivity index (χ1) is 7.13. The van der Waals surface area contributed by atoms with Crippen LogP contribution in [-0.2, 0) is 5.75 Å². The molecule has 0 saturated heterocycles. The van der Waals surface area contributed by atoms with Crippen molar-refractivity contribution in [1.29, 1.82) is 0 Å². The number of aromatic nitrogens is 2. The molecule has 0 unspecified atom stereocenters. The molecule has 86 valence electrons. The number of thioether (sulfide) groups is 1. The van der Waals surface area contributed by atoms with E-state index in [0.717, 1.165) is 11.5 Å². The molecule has 0 aliphatic carbocycles. The molecule has 0 amide bonds. The maximum atomic E-state index is 8.79. The van der Waals surface area contributed by atoms with Gasteiger partial charge in [0.15, 0.2) is 5.82 Å². The summed E-state index contributed by atoms with van der Waals surface area (Å²) in [7, 11) is 0. The highest BCUT2D eigenvalue weighted by Gasteiger charge is 2.13. The Morgan fingerprint density at radius 3 is 2.87 bits per heavy atom. The molecule has 0 bridgehead atoms. The van der Waals surface area contributed by atoms with Crippen LogP contribution in [0.15, 0.2) is 4.52 Å². The minimum atomic E-state index is -0.568.